The van der Waals surface area contributed by atoms with Crippen molar-refractivity contribution in [3.63, 3.8) is 0 Å². The molecule has 34 heavy (non-hydrogen) atoms. The Kier molecular flexibility index (Phi) is 6.07. The van der Waals surface area contributed by atoms with E-state index >= 15 is 0 Å². The third-order valence-corrected chi connectivity index (χ3v) is 6.99. The molecule has 2 aliphatic rings. The van der Waals surface area contributed by atoms with Crippen LogP contribution in [0, 0.1) is 12.7 Å². The van der Waals surface area contributed by atoms with Crippen LogP contribution in [0.3, 0.4) is 0 Å². The number of ether oxygens (including phenoxy) is 1. The van der Waals surface area contributed by atoms with Crippen molar-refractivity contribution < 1.29 is 23.6 Å². The lowest BCUT2D eigenvalue weighted by Gasteiger charge is -2.31. The molecule has 0 aliphatic carbocycles. The Hall–Kier alpha value is -3.27. The third kappa shape index (κ3) is 4.29. The average Bonchev–Trinajstić information content (AvgIpc) is 3.22. The molecular weight excluding hydrogens is 443 g/mol. The number of hydrogen-bond acceptors (Lipinski definition) is 7. The summed E-state index contributed by atoms with van der Waals surface area (Å²) in [5.74, 6) is 0.324. The van der Waals surface area contributed by atoms with Crippen LogP contribution in [0.4, 0.5) is 9.18 Å². The summed E-state index contributed by atoms with van der Waals surface area (Å²) >= 11 is 0. The van der Waals surface area contributed by atoms with Gasteiger partial charge in [0.05, 0.1) is 5.69 Å². The van der Waals surface area contributed by atoms with Crippen LogP contribution in [0.25, 0.3) is 11.0 Å². The smallest absolute Gasteiger partial charge is 0.450 e. The molecule has 2 aliphatic heterocycles. The SMILES string of the molecule is Cc1nc2n(c(=O)c1CCN1CCC(c3noc4cc(F)ccc34)CC1)CCCC2OC(=O)O. The van der Waals surface area contributed by atoms with Gasteiger partial charge in [-0.15, -0.1) is 0 Å². The lowest BCUT2D eigenvalue weighted by Crippen LogP contribution is -2.38. The second kappa shape index (κ2) is 9.17. The van der Waals surface area contributed by atoms with Gasteiger partial charge in [0.15, 0.2) is 17.5 Å². The minimum absolute atomic E-state index is 0.0997. The topological polar surface area (TPSA) is 111 Å². The number of likely N-dealkylation sites (tertiary alicyclic amines) is 1. The maximum Gasteiger partial charge on any atom is 0.506 e. The lowest BCUT2D eigenvalue weighted by molar-refractivity contribution is 0.0342. The second-order valence-corrected chi connectivity index (χ2v) is 9.08. The highest BCUT2D eigenvalue weighted by Crippen LogP contribution is 2.33. The summed E-state index contributed by atoms with van der Waals surface area (Å²) < 4.78 is 25.3. The van der Waals surface area contributed by atoms with Crippen molar-refractivity contribution in [1.82, 2.24) is 19.6 Å². The predicted octanol–water partition coefficient (Wildman–Crippen LogP) is 3.78. The van der Waals surface area contributed by atoms with Crippen molar-refractivity contribution in [2.75, 3.05) is 19.6 Å². The number of rotatable bonds is 5. The van der Waals surface area contributed by atoms with E-state index in [1.54, 1.807) is 17.6 Å². The van der Waals surface area contributed by atoms with E-state index in [-0.39, 0.29) is 17.3 Å². The Balaban J connectivity index is 1.24. The number of carboxylic acid groups (broad SMARTS) is 1. The Bertz CT molecular complexity index is 1280. The molecule has 1 atom stereocenters. The number of nitrogens with zero attached hydrogens (tertiary/aromatic N) is 4. The number of hydrogen-bond donors (Lipinski definition) is 1. The first-order valence-corrected chi connectivity index (χ1v) is 11.7. The van der Waals surface area contributed by atoms with Crippen molar-refractivity contribution in [2.45, 2.75) is 57.6 Å². The molecular formula is C24H27FN4O5. The highest BCUT2D eigenvalue weighted by Gasteiger charge is 2.29. The molecule has 2 aromatic heterocycles. The normalized spacial score (nSPS) is 19.3. The minimum atomic E-state index is -1.36. The molecule has 0 saturated carbocycles. The Morgan fingerprint density at radius 2 is 2.06 bits per heavy atom. The Morgan fingerprint density at radius 3 is 2.82 bits per heavy atom. The van der Waals surface area contributed by atoms with E-state index in [4.69, 9.17) is 14.4 Å². The van der Waals surface area contributed by atoms with Gasteiger partial charge >= 0.3 is 6.16 Å². The Labute approximate surface area is 195 Å². The number of piperidine rings is 1. The zero-order valence-electron chi connectivity index (χ0n) is 19.0. The van der Waals surface area contributed by atoms with Gasteiger partial charge in [-0.25, -0.2) is 14.2 Å². The fourth-order valence-corrected chi connectivity index (χ4v) is 5.19. The molecule has 5 rings (SSSR count). The molecule has 3 aromatic rings. The van der Waals surface area contributed by atoms with E-state index < -0.39 is 12.3 Å². The molecule has 9 nitrogen and oxygen atoms in total. The van der Waals surface area contributed by atoms with Crippen LogP contribution in [0.1, 0.15) is 60.5 Å². The number of carbonyl (C=O) groups is 1. The van der Waals surface area contributed by atoms with Gasteiger partial charge in [0.1, 0.15) is 5.82 Å². The maximum absolute atomic E-state index is 13.4. The first-order valence-electron chi connectivity index (χ1n) is 11.7. The summed E-state index contributed by atoms with van der Waals surface area (Å²) in [5.41, 5.74) is 2.57. The van der Waals surface area contributed by atoms with E-state index in [9.17, 15) is 14.0 Å². The van der Waals surface area contributed by atoms with Crippen molar-refractivity contribution >= 4 is 17.1 Å². The van der Waals surface area contributed by atoms with E-state index in [1.165, 1.54) is 12.1 Å². The molecule has 4 heterocycles. The zero-order chi connectivity index (χ0) is 23.8. The average molecular weight is 471 g/mol. The van der Waals surface area contributed by atoms with Gasteiger partial charge in [-0.1, -0.05) is 5.16 Å². The highest BCUT2D eigenvalue weighted by atomic mass is 19.1. The van der Waals surface area contributed by atoms with Gasteiger partial charge < -0.3 is 19.3 Å². The van der Waals surface area contributed by atoms with Gasteiger partial charge in [-0.05, 0) is 64.3 Å². The van der Waals surface area contributed by atoms with Crippen molar-refractivity contribution in [1.29, 1.82) is 0 Å². The summed E-state index contributed by atoms with van der Waals surface area (Å²) in [7, 11) is 0. The number of aryl methyl sites for hydroxylation is 1. The summed E-state index contributed by atoms with van der Waals surface area (Å²) in [4.78, 5) is 31.0. The van der Waals surface area contributed by atoms with Crippen LogP contribution in [-0.4, -0.2) is 50.5 Å². The first-order chi connectivity index (χ1) is 16.4. The molecule has 1 unspecified atom stereocenters. The zero-order valence-corrected chi connectivity index (χ0v) is 19.0. The molecule has 1 saturated heterocycles. The van der Waals surface area contributed by atoms with Gasteiger partial charge in [0, 0.05) is 41.7 Å². The van der Waals surface area contributed by atoms with Crippen LogP contribution < -0.4 is 5.56 Å². The standard InChI is InChI=1S/C24H27FN4O5/c1-14-17(23(30)29-9-2-3-19(22(29)26-14)33-24(31)32)8-12-28-10-6-15(7-11-28)21-18-5-4-16(25)13-20(18)34-27-21/h4-5,13,15,19H,2-3,6-12H2,1H3,(H,31,32). The summed E-state index contributed by atoms with van der Waals surface area (Å²) in [6, 6.07) is 4.53. The molecule has 1 N–H and O–H groups in total. The molecule has 180 valence electrons. The van der Waals surface area contributed by atoms with Crippen molar-refractivity contribution in [3.05, 3.63) is 57.1 Å². The van der Waals surface area contributed by atoms with Crippen LogP contribution in [0.2, 0.25) is 0 Å². The lowest BCUT2D eigenvalue weighted by atomic mass is 9.91. The number of fused-ring (bicyclic) bond motifs is 2. The molecule has 1 fully saturated rings. The predicted molar refractivity (Wildman–Crippen MR) is 120 cm³/mol. The molecule has 1 aromatic carbocycles. The summed E-state index contributed by atoms with van der Waals surface area (Å²) in [6.45, 7) is 4.80. The number of benzene rings is 1. The van der Waals surface area contributed by atoms with E-state index in [2.05, 4.69) is 15.0 Å². The summed E-state index contributed by atoms with van der Waals surface area (Å²) in [6.07, 6.45) is 1.55. The van der Waals surface area contributed by atoms with E-state index in [0.29, 0.717) is 48.5 Å². The molecule has 0 amide bonds. The van der Waals surface area contributed by atoms with Crippen molar-refractivity contribution in [3.8, 4) is 0 Å². The largest absolute Gasteiger partial charge is 0.506 e. The Morgan fingerprint density at radius 1 is 1.26 bits per heavy atom. The van der Waals surface area contributed by atoms with Crippen molar-refractivity contribution in [2.24, 2.45) is 0 Å². The van der Waals surface area contributed by atoms with E-state index in [0.717, 1.165) is 43.6 Å². The van der Waals surface area contributed by atoms with Gasteiger partial charge in [-0.3, -0.25) is 9.36 Å². The second-order valence-electron chi connectivity index (χ2n) is 9.08. The third-order valence-electron chi connectivity index (χ3n) is 6.99. The van der Waals surface area contributed by atoms with Gasteiger partial charge in [-0.2, -0.15) is 0 Å². The maximum atomic E-state index is 13.4. The molecule has 10 heteroatoms. The van der Waals surface area contributed by atoms with Crippen LogP contribution >= 0.6 is 0 Å². The number of halogens is 1. The number of aromatic nitrogens is 3. The van der Waals surface area contributed by atoms with Gasteiger partial charge in [0.25, 0.3) is 5.56 Å². The van der Waals surface area contributed by atoms with E-state index in [1.807, 2.05) is 0 Å². The van der Waals surface area contributed by atoms with Crippen LogP contribution in [-0.2, 0) is 17.7 Å². The quantitative estimate of drug-likeness (QED) is 0.561. The molecule has 0 radical (unpaired) electrons. The molecule has 0 spiro atoms. The minimum Gasteiger partial charge on any atom is -0.450 e. The summed E-state index contributed by atoms with van der Waals surface area (Å²) in [5, 5.41) is 14.1. The fraction of sp³-hybridized carbons (Fsp3) is 0.500. The molecule has 0 bridgehead atoms. The van der Waals surface area contributed by atoms with Crippen LogP contribution in [0.5, 0.6) is 0 Å². The van der Waals surface area contributed by atoms with Gasteiger partial charge in [0.2, 0.25) is 0 Å². The fourth-order valence-electron chi connectivity index (χ4n) is 5.19. The highest BCUT2D eigenvalue weighted by molar-refractivity contribution is 5.79. The first kappa shape index (κ1) is 22.5. The van der Waals surface area contributed by atoms with Crippen LogP contribution in [0.15, 0.2) is 27.5 Å². The monoisotopic (exact) mass is 470 g/mol.